The molecule has 2 aromatic rings. The highest BCUT2D eigenvalue weighted by Gasteiger charge is 2.48. The van der Waals surface area contributed by atoms with E-state index < -0.39 is 4.92 Å². The number of benzene rings is 2. The Morgan fingerprint density at radius 2 is 1.80 bits per heavy atom. The third-order valence-corrected chi connectivity index (χ3v) is 5.09. The summed E-state index contributed by atoms with van der Waals surface area (Å²) in [6.45, 7) is 0.914. The third kappa shape index (κ3) is 2.78. The summed E-state index contributed by atoms with van der Waals surface area (Å²) in [5, 5.41) is 10.9. The van der Waals surface area contributed by atoms with Crippen molar-refractivity contribution in [1.29, 1.82) is 0 Å². The van der Waals surface area contributed by atoms with Crippen molar-refractivity contribution >= 4 is 17.3 Å². The fraction of sp³-hybridized carbons (Fsp3) is 0.316. The molecule has 2 atom stereocenters. The molecular weight excluding hydrogens is 318 g/mol. The molecule has 2 heterocycles. The SMILES string of the molecule is O=C1[C@H](Cc2ccccc2)N2CCC[C@H]2N1c1ccc([N+](=O)[O-])cc1. The first-order valence-corrected chi connectivity index (χ1v) is 8.52. The zero-order valence-electron chi connectivity index (χ0n) is 13.7. The number of fused-ring (bicyclic) bond motifs is 1. The maximum atomic E-state index is 13.1. The number of carbonyl (C=O) groups excluding carboxylic acids is 1. The maximum absolute atomic E-state index is 13.1. The van der Waals surface area contributed by atoms with E-state index in [1.54, 1.807) is 12.1 Å². The summed E-state index contributed by atoms with van der Waals surface area (Å²) in [4.78, 5) is 27.6. The minimum absolute atomic E-state index is 0.0412. The van der Waals surface area contributed by atoms with Gasteiger partial charge in [-0.3, -0.25) is 24.7 Å². The van der Waals surface area contributed by atoms with Crippen LogP contribution in [0.5, 0.6) is 0 Å². The molecule has 6 nitrogen and oxygen atoms in total. The van der Waals surface area contributed by atoms with E-state index in [0.29, 0.717) is 6.42 Å². The van der Waals surface area contributed by atoms with Crippen molar-refractivity contribution in [3.63, 3.8) is 0 Å². The molecule has 2 fully saturated rings. The second-order valence-corrected chi connectivity index (χ2v) is 6.55. The van der Waals surface area contributed by atoms with Crippen LogP contribution >= 0.6 is 0 Å². The average molecular weight is 337 g/mol. The van der Waals surface area contributed by atoms with Gasteiger partial charge in [0, 0.05) is 24.4 Å². The van der Waals surface area contributed by atoms with Crippen LogP contribution in [0.2, 0.25) is 0 Å². The lowest BCUT2D eigenvalue weighted by Gasteiger charge is -2.24. The molecule has 0 radical (unpaired) electrons. The molecule has 128 valence electrons. The van der Waals surface area contributed by atoms with E-state index in [1.807, 2.05) is 35.2 Å². The Bertz CT molecular complexity index is 791. The molecule has 4 rings (SSSR count). The number of hydrogen-bond donors (Lipinski definition) is 0. The van der Waals surface area contributed by atoms with Crippen molar-refractivity contribution in [2.45, 2.75) is 31.5 Å². The van der Waals surface area contributed by atoms with Crippen LogP contribution in [0, 0.1) is 10.1 Å². The van der Waals surface area contributed by atoms with Gasteiger partial charge in [0.25, 0.3) is 5.69 Å². The monoisotopic (exact) mass is 337 g/mol. The van der Waals surface area contributed by atoms with Gasteiger partial charge < -0.3 is 0 Å². The lowest BCUT2D eigenvalue weighted by atomic mass is 10.0. The largest absolute Gasteiger partial charge is 0.295 e. The van der Waals surface area contributed by atoms with Gasteiger partial charge in [-0.1, -0.05) is 30.3 Å². The molecule has 0 aromatic heterocycles. The molecule has 0 bridgehead atoms. The molecule has 2 aliphatic rings. The van der Waals surface area contributed by atoms with Crippen LogP contribution in [0.15, 0.2) is 54.6 Å². The number of hydrogen-bond acceptors (Lipinski definition) is 4. The quantitative estimate of drug-likeness (QED) is 0.635. The number of nitro groups is 1. The Morgan fingerprint density at radius 1 is 1.08 bits per heavy atom. The fourth-order valence-corrected chi connectivity index (χ4v) is 3.94. The van der Waals surface area contributed by atoms with Gasteiger partial charge >= 0.3 is 0 Å². The molecule has 0 unspecified atom stereocenters. The van der Waals surface area contributed by atoms with Gasteiger partial charge in [0.2, 0.25) is 5.91 Å². The van der Waals surface area contributed by atoms with Crippen LogP contribution in [0.25, 0.3) is 0 Å². The summed E-state index contributed by atoms with van der Waals surface area (Å²) in [5.41, 5.74) is 1.93. The second kappa shape index (κ2) is 6.29. The molecule has 2 aliphatic heterocycles. The van der Waals surface area contributed by atoms with Crippen molar-refractivity contribution in [3.05, 3.63) is 70.3 Å². The molecule has 2 saturated heterocycles. The van der Waals surface area contributed by atoms with Crippen LogP contribution in [-0.4, -0.2) is 34.5 Å². The lowest BCUT2D eigenvalue weighted by molar-refractivity contribution is -0.384. The zero-order valence-corrected chi connectivity index (χ0v) is 13.7. The van der Waals surface area contributed by atoms with Crippen molar-refractivity contribution in [3.8, 4) is 0 Å². The number of anilines is 1. The maximum Gasteiger partial charge on any atom is 0.269 e. The lowest BCUT2D eigenvalue weighted by Crippen LogP contribution is -2.36. The van der Waals surface area contributed by atoms with E-state index in [2.05, 4.69) is 4.90 Å². The van der Waals surface area contributed by atoms with Gasteiger partial charge in [-0.25, -0.2) is 0 Å². The van der Waals surface area contributed by atoms with Crippen molar-refractivity contribution < 1.29 is 9.72 Å². The Labute approximate surface area is 145 Å². The van der Waals surface area contributed by atoms with Crippen LogP contribution in [-0.2, 0) is 11.2 Å². The van der Waals surface area contributed by atoms with Gasteiger partial charge in [-0.05, 0) is 37.0 Å². The van der Waals surface area contributed by atoms with Crippen LogP contribution < -0.4 is 4.90 Å². The minimum atomic E-state index is -0.421. The normalized spacial score (nSPS) is 23.0. The van der Waals surface area contributed by atoms with Crippen molar-refractivity contribution in [2.24, 2.45) is 0 Å². The van der Waals surface area contributed by atoms with Crippen molar-refractivity contribution in [2.75, 3.05) is 11.4 Å². The van der Waals surface area contributed by atoms with E-state index in [1.165, 1.54) is 12.1 Å². The molecule has 2 aromatic carbocycles. The second-order valence-electron chi connectivity index (χ2n) is 6.55. The number of nitrogens with zero attached hydrogens (tertiary/aromatic N) is 3. The first-order valence-electron chi connectivity index (χ1n) is 8.52. The van der Waals surface area contributed by atoms with Gasteiger partial charge in [0.05, 0.1) is 17.1 Å². The Morgan fingerprint density at radius 3 is 2.48 bits per heavy atom. The van der Waals surface area contributed by atoms with Crippen LogP contribution in [0.1, 0.15) is 18.4 Å². The summed E-state index contributed by atoms with van der Waals surface area (Å²) in [6, 6.07) is 16.2. The summed E-state index contributed by atoms with van der Waals surface area (Å²) in [6.07, 6.45) is 2.75. The number of nitro benzene ring substituents is 1. The molecule has 0 spiro atoms. The number of non-ortho nitro benzene ring substituents is 1. The van der Waals surface area contributed by atoms with E-state index in [9.17, 15) is 14.9 Å². The third-order valence-electron chi connectivity index (χ3n) is 5.09. The smallest absolute Gasteiger partial charge is 0.269 e. The van der Waals surface area contributed by atoms with Crippen LogP contribution in [0.3, 0.4) is 0 Å². The molecular formula is C19H19N3O3. The van der Waals surface area contributed by atoms with Crippen LogP contribution in [0.4, 0.5) is 11.4 Å². The number of carbonyl (C=O) groups is 1. The Hall–Kier alpha value is -2.73. The fourth-order valence-electron chi connectivity index (χ4n) is 3.94. The highest BCUT2D eigenvalue weighted by atomic mass is 16.6. The average Bonchev–Trinajstić information content (AvgIpc) is 3.18. The van der Waals surface area contributed by atoms with E-state index in [-0.39, 0.29) is 23.8 Å². The topological polar surface area (TPSA) is 66.7 Å². The molecule has 0 N–H and O–H groups in total. The zero-order chi connectivity index (χ0) is 17.4. The van der Waals surface area contributed by atoms with E-state index in [0.717, 1.165) is 30.6 Å². The molecule has 6 heteroatoms. The Balaban J connectivity index is 1.62. The first-order chi connectivity index (χ1) is 12.1. The molecule has 0 aliphatic carbocycles. The predicted molar refractivity (Wildman–Crippen MR) is 94.2 cm³/mol. The highest BCUT2D eigenvalue weighted by molar-refractivity contribution is 6.00. The Kier molecular flexibility index (Phi) is 3.97. The number of rotatable bonds is 4. The van der Waals surface area contributed by atoms with E-state index >= 15 is 0 Å². The standard InChI is InChI=1S/C19H19N3O3/c23-19-17(13-14-5-2-1-3-6-14)20-12-4-7-18(20)21(19)15-8-10-16(11-9-15)22(24)25/h1-3,5-6,8-11,17-18H,4,7,12-13H2/t17-,18+/m0/s1. The van der Waals surface area contributed by atoms with Gasteiger partial charge in [-0.2, -0.15) is 0 Å². The molecule has 0 saturated carbocycles. The number of amides is 1. The minimum Gasteiger partial charge on any atom is -0.295 e. The van der Waals surface area contributed by atoms with Gasteiger partial charge in [0.15, 0.2) is 0 Å². The summed E-state index contributed by atoms with van der Waals surface area (Å²) in [7, 11) is 0. The summed E-state index contributed by atoms with van der Waals surface area (Å²) >= 11 is 0. The highest BCUT2D eigenvalue weighted by Crippen LogP contribution is 2.36. The van der Waals surface area contributed by atoms with Gasteiger partial charge in [0.1, 0.15) is 0 Å². The first kappa shape index (κ1) is 15.8. The summed E-state index contributed by atoms with van der Waals surface area (Å²) < 4.78 is 0. The predicted octanol–water partition coefficient (Wildman–Crippen LogP) is 2.97. The van der Waals surface area contributed by atoms with Gasteiger partial charge in [-0.15, -0.1) is 0 Å². The van der Waals surface area contributed by atoms with Crippen molar-refractivity contribution in [1.82, 2.24) is 4.90 Å². The van der Waals surface area contributed by atoms with E-state index in [4.69, 9.17) is 0 Å². The summed E-state index contributed by atoms with van der Waals surface area (Å²) in [5.74, 6) is 0.0856. The molecule has 1 amide bonds. The molecule has 25 heavy (non-hydrogen) atoms.